The van der Waals surface area contributed by atoms with Crippen LogP contribution in [0.25, 0.3) is 186 Å². The first-order valence-corrected chi connectivity index (χ1v) is 29.6. The lowest BCUT2D eigenvalue weighted by Gasteiger charge is -2.20. The average molecular weight is 1090 g/mol. The van der Waals surface area contributed by atoms with Gasteiger partial charge < -0.3 is 8.83 Å². The Morgan fingerprint density at radius 2 is 0.512 bits per heavy atom. The van der Waals surface area contributed by atoms with E-state index in [1.165, 1.54) is 104 Å². The Hall–Kier alpha value is -11.3. The van der Waals surface area contributed by atoms with Gasteiger partial charge in [0, 0.05) is 21.5 Å². The predicted molar refractivity (Wildman–Crippen MR) is 364 cm³/mol. The van der Waals surface area contributed by atoms with Gasteiger partial charge in [-0.25, -0.2) is 0 Å². The van der Waals surface area contributed by atoms with Crippen molar-refractivity contribution >= 4 is 109 Å². The smallest absolute Gasteiger partial charge is 0.136 e. The van der Waals surface area contributed by atoms with Gasteiger partial charge in [-0.05, 0) is 203 Å². The Kier molecular flexibility index (Phi) is 10.7. The zero-order valence-electron chi connectivity index (χ0n) is 46.7. The number of rotatable bonds is 7. The van der Waals surface area contributed by atoms with Crippen molar-refractivity contribution in [3.05, 3.63) is 303 Å². The number of hydrogen-bond donors (Lipinski definition) is 0. The van der Waals surface area contributed by atoms with E-state index in [0.717, 1.165) is 82.8 Å². The molecule has 0 bridgehead atoms. The summed E-state index contributed by atoms with van der Waals surface area (Å²) in [5.41, 5.74) is 20.0. The molecule has 0 atom stereocenters. The molecule has 0 aliphatic heterocycles. The second-order valence-corrected chi connectivity index (χ2v) is 23.0. The molecular formula is C84H50O2. The molecule has 2 heteroatoms. The Morgan fingerprint density at radius 3 is 1.13 bits per heavy atom. The summed E-state index contributed by atoms with van der Waals surface area (Å²) in [5.74, 6) is 0. The van der Waals surface area contributed by atoms with Gasteiger partial charge in [0.05, 0.1) is 0 Å². The Morgan fingerprint density at radius 1 is 0.151 bits per heavy atom. The van der Waals surface area contributed by atoms with Crippen molar-refractivity contribution in [1.82, 2.24) is 0 Å². The number of furan rings is 2. The topological polar surface area (TPSA) is 26.3 Å². The molecule has 2 aromatic heterocycles. The van der Waals surface area contributed by atoms with Crippen LogP contribution in [-0.2, 0) is 0 Å². The van der Waals surface area contributed by atoms with Crippen LogP contribution in [0.2, 0.25) is 0 Å². The summed E-state index contributed by atoms with van der Waals surface area (Å²) in [6.45, 7) is 0. The second-order valence-electron chi connectivity index (χ2n) is 23.0. The van der Waals surface area contributed by atoms with Gasteiger partial charge in [-0.2, -0.15) is 0 Å². The quantitative estimate of drug-likeness (QED) is 0.149. The highest BCUT2D eigenvalue weighted by Gasteiger charge is 2.22. The zero-order chi connectivity index (χ0) is 56.4. The van der Waals surface area contributed by atoms with Crippen LogP contribution in [0.15, 0.2) is 312 Å². The van der Waals surface area contributed by atoms with Gasteiger partial charge in [0.25, 0.3) is 0 Å². The van der Waals surface area contributed by atoms with E-state index in [-0.39, 0.29) is 0 Å². The van der Waals surface area contributed by atoms with Crippen molar-refractivity contribution in [3.8, 4) is 77.9 Å². The van der Waals surface area contributed by atoms with Crippen molar-refractivity contribution in [2.24, 2.45) is 0 Å². The third-order valence-corrected chi connectivity index (χ3v) is 18.2. The monoisotopic (exact) mass is 1090 g/mol. The Balaban J connectivity index is 0.735. The largest absolute Gasteiger partial charge is 0.456 e. The van der Waals surface area contributed by atoms with Crippen molar-refractivity contribution in [3.63, 3.8) is 0 Å². The molecule has 0 fully saturated rings. The molecule has 0 radical (unpaired) electrons. The molecule has 0 saturated carbocycles. The van der Waals surface area contributed by atoms with Crippen LogP contribution in [0.1, 0.15) is 0 Å². The van der Waals surface area contributed by atoms with Gasteiger partial charge >= 0.3 is 0 Å². The highest BCUT2D eigenvalue weighted by Crippen LogP contribution is 2.49. The molecule has 18 aromatic rings. The molecule has 86 heavy (non-hydrogen) atoms. The lowest BCUT2D eigenvalue weighted by molar-refractivity contribution is 0.669. The summed E-state index contributed by atoms with van der Waals surface area (Å²) in [4.78, 5) is 0. The van der Waals surface area contributed by atoms with Crippen LogP contribution in [-0.4, -0.2) is 0 Å². The first kappa shape index (κ1) is 48.2. The van der Waals surface area contributed by atoms with Crippen molar-refractivity contribution in [2.45, 2.75) is 0 Å². The lowest BCUT2D eigenvalue weighted by Crippen LogP contribution is -1.93. The van der Waals surface area contributed by atoms with Crippen LogP contribution >= 0.6 is 0 Å². The minimum Gasteiger partial charge on any atom is -0.456 e. The van der Waals surface area contributed by atoms with Gasteiger partial charge in [0.1, 0.15) is 22.3 Å². The third kappa shape index (κ3) is 7.60. The van der Waals surface area contributed by atoms with Crippen LogP contribution in [0.4, 0.5) is 0 Å². The van der Waals surface area contributed by atoms with Gasteiger partial charge in [-0.1, -0.05) is 243 Å². The van der Waals surface area contributed by atoms with Gasteiger partial charge in [-0.15, -0.1) is 0 Å². The Bertz CT molecular complexity index is 5770. The molecule has 0 aliphatic rings. The van der Waals surface area contributed by atoms with Gasteiger partial charge in [0.15, 0.2) is 0 Å². The van der Waals surface area contributed by atoms with E-state index in [0.29, 0.717) is 0 Å². The summed E-state index contributed by atoms with van der Waals surface area (Å²) >= 11 is 0. The number of benzene rings is 16. The molecule has 398 valence electrons. The molecule has 0 amide bonds. The minimum absolute atomic E-state index is 0.863. The minimum atomic E-state index is 0.863. The fourth-order valence-electron chi connectivity index (χ4n) is 14.2. The molecule has 16 aromatic carbocycles. The summed E-state index contributed by atoms with van der Waals surface area (Å²) in [7, 11) is 0. The highest BCUT2D eigenvalue weighted by molar-refractivity contribution is 6.25. The molecule has 2 heterocycles. The summed E-state index contributed by atoms with van der Waals surface area (Å²) in [6.07, 6.45) is 0. The fourth-order valence-corrected chi connectivity index (χ4v) is 14.2. The van der Waals surface area contributed by atoms with Gasteiger partial charge in [-0.3, -0.25) is 0 Å². The molecular weight excluding hydrogens is 1040 g/mol. The van der Waals surface area contributed by atoms with Crippen LogP contribution in [0, 0.1) is 0 Å². The average Bonchev–Trinajstić information content (AvgIpc) is 1.09. The lowest BCUT2D eigenvalue weighted by atomic mass is 9.83. The zero-order valence-corrected chi connectivity index (χ0v) is 46.7. The van der Waals surface area contributed by atoms with Crippen molar-refractivity contribution < 1.29 is 8.83 Å². The van der Waals surface area contributed by atoms with Crippen molar-refractivity contribution in [2.75, 3.05) is 0 Å². The second kappa shape index (κ2) is 19.1. The van der Waals surface area contributed by atoms with Crippen LogP contribution in [0.3, 0.4) is 0 Å². The molecule has 0 aliphatic carbocycles. The standard InChI is InChI=1S/C84H50O2/c1-2-17-55-45-62(36-33-51(55)15-1)83-71-25-7-5-23-69(71)81(70-24-6-8-26-72(70)83)54-34-31-52(32-35-54)58-37-41-66-67-43-39-60(50-80(67)86-79(66)48-58)57-40-44-75-76(47-57)84(68-29-14-18-53-16-3-4-21-63(53)68)74-28-10-9-27-73(74)82(75)61-20-13-19-56(46-61)59-38-42-65-64-22-11-12-30-77(64)85-78(65)49-59/h1-50H. The fraction of sp³-hybridized carbons (Fsp3) is 0. The number of fused-ring (bicyclic) bond motifs is 12. The molecule has 0 N–H and O–H groups in total. The van der Waals surface area contributed by atoms with Gasteiger partial charge in [0.2, 0.25) is 0 Å². The van der Waals surface area contributed by atoms with E-state index >= 15 is 0 Å². The van der Waals surface area contributed by atoms with Crippen LogP contribution in [0.5, 0.6) is 0 Å². The summed E-state index contributed by atoms with van der Waals surface area (Å²) in [5, 5.41) is 19.2. The van der Waals surface area contributed by atoms with E-state index in [9.17, 15) is 0 Å². The molecule has 0 spiro atoms. The molecule has 2 nitrogen and oxygen atoms in total. The highest BCUT2D eigenvalue weighted by atomic mass is 16.3. The van der Waals surface area contributed by atoms with Crippen LogP contribution < -0.4 is 0 Å². The van der Waals surface area contributed by atoms with E-state index in [4.69, 9.17) is 8.83 Å². The van der Waals surface area contributed by atoms with E-state index < -0.39 is 0 Å². The van der Waals surface area contributed by atoms with E-state index in [1.807, 2.05) is 12.1 Å². The first-order chi connectivity index (χ1) is 42.6. The number of para-hydroxylation sites is 1. The summed E-state index contributed by atoms with van der Waals surface area (Å²) < 4.78 is 13.3. The van der Waals surface area contributed by atoms with E-state index in [2.05, 4.69) is 291 Å². The molecule has 0 saturated heterocycles. The maximum Gasteiger partial charge on any atom is 0.136 e. The maximum absolute atomic E-state index is 6.88. The van der Waals surface area contributed by atoms with Crippen molar-refractivity contribution in [1.29, 1.82) is 0 Å². The molecule has 18 rings (SSSR count). The Labute approximate surface area is 495 Å². The summed E-state index contributed by atoms with van der Waals surface area (Å²) in [6, 6.07) is 111. The molecule has 0 unspecified atom stereocenters. The predicted octanol–water partition coefficient (Wildman–Crippen LogP) is 24.1. The normalized spacial score (nSPS) is 12.0. The SMILES string of the molecule is c1cc(-c2ccc3c(c2)oc2ccccc23)cc(-c2c3ccccc3c(-c3cccc4ccccc34)c3cc(-c4ccc5c(c4)oc4cc(-c6ccc(-c7c8ccccc8c(-c8ccc9ccccc9c8)c8ccccc78)cc6)ccc45)ccc23)c1. The third-order valence-electron chi connectivity index (χ3n) is 18.2. The number of hydrogen-bond acceptors (Lipinski definition) is 2. The maximum atomic E-state index is 6.88. The first-order valence-electron chi connectivity index (χ1n) is 29.6. The van der Waals surface area contributed by atoms with E-state index in [1.54, 1.807) is 0 Å².